The number of rotatable bonds is 7. The number of aliphatic hydroxyl groups is 1. The minimum absolute atomic E-state index is 0.0235. The first kappa shape index (κ1) is 26.4. The maximum absolute atomic E-state index is 9.92. The third-order valence-corrected chi connectivity index (χ3v) is 11.7. The fourth-order valence-corrected chi connectivity index (χ4v) is 10.1. The number of fused-ring (bicyclic) bond motifs is 3. The molecule has 3 saturated heterocycles. The fourth-order valence-electron chi connectivity index (χ4n) is 10.1. The zero-order chi connectivity index (χ0) is 24.7. The van der Waals surface area contributed by atoms with Gasteiger partial charge < -0.3 is 20.9 Å². The second-order valence-corrected chi connectivity index (χ2v) is 14.5. The first-order chi connectivity index (χ1) is 16.7. The molecular weight excluding hydrogens is 434 g/mol. The third kappa shape index (κ3) is 5.50. The summed E-state index contributed by atoms with van der Waals surface area (Å²) in [4.78, 5) is 0. The fraction of sp³-hybridized carbons (Fsp3) is 1.00. The van der Waals surface area contributed by atoms with E-state index in [1.54, 1.807) is 0 Å². The molecule has 3 aliphatic carbocycles. The van der Waals surface area contributed by atoms with E-state index in [1.807, 2.05) is 0 Å². The van der Waals surface area contributed by atoms with Crippen molar-refractivity contribution in [1.82, 2.24) is 0 Å². The van der Waals surface area contributed by atoms with Gasteiger partial charge in [-0.05, 0) is 88.9 Å². The lowest BCUT2D eigenvalue weighted by Gasteiger charge is -2.64. The van der Waals surface area contributed by atoms with Crippen LogP contribution >= 0.6 is 0 Å². The first-order valence-electron chi connectivity index (χ1n) is 15.5. The number of nitrogens with two attached hydrogens (primary N) is 2. The number of ether oxygens (including phenoxy) is 1. The average Bonchev–Trinajstić information content (AvgIpc) is 2.81. The van der Waals surface area contributed by atoms with Crippen molar-refractivity contribution < 1.29 is 20.9 Å². The van der Waals surface area contributed by atoms with Crippen molar-refractivity contribution >= 4 is 0 Å². The van der Waals surface area contributed by atoms with Gasteiger partial charge in [0, 0.05) is 37.7 Å². The monoisotopic (exact) mass is 491 g/mol. The Morgan fingerprint density at radius 3 is 2.40 bits per heavy atom. The molecule has 8 atom stereocenters. The van der Waals surface area contributed by atoms with Crippen LogP contribution in [0.15, 0.2) is 0 Å². The lowest BCUT2D eigenvalue weighted by molar-refractivity contribution is -0.703. The molecule has 3 heterocycles. The van der Waals surface area contributed by atoms with E-state index in [-0.39, 0.29) is 23.3 Å². The lowest BCUT2D eigenvalue weighted by atomic mass is 9.52. The second-order valence-electron chi connectivity index (χ2n) is 14.5. The van der Waals surface area contributed by atoms with E-state index >= 15 is 0 Å². The highest BCUT2D eigenvalue weighted by atomic mass is 16.5. The van der Waals surface area contributed by atoms with Gasteiger partial charge in [0.25, 0.3) is 0 Å². The highest BCUT2D eigenvalue weighted by Gasteiger charge is 2.65. The summed E-state index contributed by atoms with van der Waals surface area (Å²) in [6.07, 6.45) is 21.5. The first-order valence-corrected chi connectivity index (χ1v) is 15.5. The number of hydrogen-bond donors (Lipinski definition) is 4. The van der Waals surface area contributed by atoms with Crippen molar-refractivity contribution in [2.45, 2.75) is 139 Å². The van der Waals surface area contributed by atoms with Gasteiger partial charge in [0.15, 0.2) is 0 Å². The molecule has 0 aromatic rings. The lowest BCUT2D eigenvalue weighted by Crippen LogP contribution is -2.95. The van der Waals surface area contributed by atoms with Crippen LogP contribution in [-0.2, 0) is 4.74 Å². The minimum atomic E-state index is -0.129. The van der Waals surface area contributed by atoms with Gasteiger partial charge in [-0.2, -0.15) is 0 Å². The third-order valence-electron chi connectivity index (χ3n) is 11.7. The molecule has 5 heteroatoms. The van der Waals surface area contributed by atoms with E-state index in [9.17, 15) is 5.11 Å². The molecular formula is C30H57N3O2+2. The van der Waals surface area contributed by atoms with Gasteiger partial charge in [0.1, 0.15) is 11.7 Å². The highest BCUT2D eigenvalue weighted by Crippen LogP contribution is 2.60. The summed E-state index contributed by atoms with van der Waals surface area (Å²) >= 11 is 0. The molecule has 0 aromatic heterocycles. The highest BCUT2D eigenvalue weighted by molar-refractivity contribution is 5.13. The topological polar surface area (TPSA) is 99.7 Å². The molecule has 8 N–H and O–H groups in total. The standard InChI is InChI=1S/C30H55N3O2/c1-28(2)26-12-13-30(35-28,20-29(26,32)14-15-34)25-10-9-23(16-21-6-4-3-5-7-21)24(18-25)17-22-8-11-27(31)33-19-22/h21-27,33-34H,3-20,31-32H2,1-2H3/p+2. The molecule has 3 saturated carbocycles. The van der Waals surface area contributed by atoms with Gasteiger partial charge in [0.2, 0.25) is 0 Å². The van der Waals surface area contributed by atoms with Gasteiger partial charge in [-0.3, -0.25) is 5.73 Å². The molecule has 0 spiro atoms. The average molecular weight is 492 g/mol. The predicted molar refractivity (Wildman–Crippen MR) is 140 cm³/mol. The van der Waals surface area contributed by atoms with Gasteiger partial charge in [-0.25, -0.2) is 0 Å². The van der Waals surface area contributed by atoms with Crippen LogP contribution in [0.25, 0.3) is 0 Å². The molecule has 0 aromatic carbocycles. The van der Waals surface area contributed by atoms with E-state index in [4.69, 9.17) is 16.2 Å². The van der Waals surface area contributed by atoms with E-state index in [1.165, 1.54) is 96.4 Å². The SMILES string of the molecule is CC1(C)OC2(C3CCC(CC4CCCCC4)C(CC4CCC(N)[NH2+]C4)C3)CCC1C([NH3+])(CCO)C2. The maximum Gasteiger partial charge on any atom is 0.137 e. The summed E-state index contributed by atoms with van der Waals surface area (Å²) in [5, 5.41) is 12.3. The van der Waals surface area contributed by atoms with Gasteiger partial charge >= 0.3 is 0 Å². The molecule has 202 valence electrons. The van der Waals surface area contributed by atoms with Gasteiger partial charge in [-0.1, -0.05) is 32.1 Å². The summed E-state index contributed by atoms with van der Waals surface area (Å²) in [5.74, 6) is 4.70. The van der Waals surface area contributed by atoms with E-state index in [0.29, 0.717) is 18.0 Å². The quantitative estimate of drug-likeness (QED) is 0.439. The number of hydrogen-bond acceptors (Lipinski definition) is 3. The van der Waals surface area contributed by atoms with Crippen LogP contribution in [0.2, 0.25) is 0 Å². The van der Waals surface area contributed by atoms with Crippen molar-refractivity contribution in [2.24, 2.45) is 41.2 Å². The Kier molecular flexibility index (Phi) is 7.94. The normalized spacial score (nSPS) is 46.5. The minimum Gasteiger partial charge on any atom is -0.396 e. The largest absolute Gasteiger partial charge is 0.396 e. The van der Waals surface area contributed by atoms with Crippen molar-refractivity contribution in [3.8, 4) is 0 Å². The molecule has 0 radical (unpaired) electrons. The van der Waals surface area contributed by atoms with Gasteiger partial charge in [0.05, 0.1) is 17.7 Å². The molecule has 5 nitrogen and oxygen atoms in total. The number of piperidine rings is 1. The molecule has 6 aliphatic rings. The second kappa shape index (κ2) is 10.5. The van der Waals surface area contributed by atoms with Gasteiger partial charge in [-0.15, -0.1) is 0 Å². The smallest absolute Gasteiger partial charge is 0.137 e. The molecule has 2 bridgehead atoms. The van der Waals surface area contributed by atoms with Crippen LogP contribution in [0.3, 0.4) is 0 Å². The van der Waals surface area contributed by atoms with Crippen LogP contribution in [0, 0.1) is 35.5 Å². The molecule has 8 unspecified atom stereocenters. The Hall–Kier alpha value is -0.200. The van der Waals surface area contributed by atoms with E-state index in [0.717, 1.165) is 36.5 Å². The maximum atomic E-state index is 9.92. The predicted octanol–water partition coefficient (Wildman–Crippen LogP) is 3.35. The Bertz CT molecular complexity index is 702. The summed E-state index contributed by atoms with van der Waals surface area (Å²) in [6, 6.07) is 0. The van der Waals surface area contributed by atoms with Crippen LogP contribution in [-0.4, -0.2) is 41.2 Å². The number of aliphatic hydroxyl groups excluding tert-OH is 1. The van der Waals surface area contributed by atoms with Crippen molar-refractivity contribution in [1.29, 1.82) is 0 Å². The Morgan fingerprint density at radius 2 is 1.71 bits per heavy atom. The van der Waals surface area contributed by atoms with E-state index in [2.05, 4.69) is 19.2 Å². The van der Waals surface area contributed by atoms with Crippen LogP contribution in [0.1, 0.15) is 117 Å². The Labute approximate surface area is 214 Å². The van der Waals surface area contributed by atoms with Crippen LogP contribution < -0.4 is 16.8 Å². The molecule has 6 rings (SSSR count). The Morgan fingerprint density at radius 1 is 0.943 bits per heavy atom. The van der Waals surface area contributed by atoms with E-state index < -0.39 is 0 Å². The molecule has 3 aliphatic heterocycles. The van der Waals surface area contributed by atoms with Crippen molar-refractivity contribution in [3.05, 3.63) is 0 Å². The number of quaternary nitrogens is 2. The summed E-state index contributed by atoms with van der Waals surface area (Å²) in [5.41, 5.74) is 10.8. The zero-order valence-electron chi connectivity index (χ0n) is 23.0. The van der Waals surface area contributed by atoms with Crippen molar-refractivity contribution in [2.75, 3.05) is 13.2 Å². The molecule has 0 amide bonds. The van der Waals surface area contributed by atoms with Crippen LogP contribution in [0.5, 0.6) is 0 Å². The summed E-state index contributed by atoms with van der Waals surface area (Å²) in [7, 11) is 0. The molecule has 6 fully saturated rings. The van der Waals surface area contributed by atoms with Crippen molar-refractivity contribution in [3.63, 3.8) is 0 Å². The summed E-state index contributed by atoms with van der Waals surface area (Å²) in [6.45, 7) is 6.11. The zero-order valence-corrected chi connectivity index (χ0v) is 23.0. The van der Waals surface area contributed by atoms with Crippen LogP contribution in [0.4, 0.5) is 0 Å². The molecule has 35 heavy (non-hydrogen) atoms. The Balaban J connectivity index is 1.33. The summed E-state index contributed by atoms with van der Waals surface area (Å²) < 4.78 is 7.13.